The maximum Gasteiger partial charge on any atom is 0.290 e. The summed E-state index contributed by atoms with van der Waals surface area (Å²) in [7, 11) is 0. The summed E-state index contributed by atoms with van der Waals surface area (Å²) in [5.41, 5.74) is 0.972. The smallest absolute Gasteiger partial charge is 0.290 e. The lowest BCUT2D eigenvalue weighted by Gasteiger charge is -2.33. The zero-order chi connectivity index (χ0) is 21.3. The predicted octanol–water partition coefficient (Wildman–Crippen LogP) is 2.40. The molecule has 2 aromatic rings. The number of rotatable bonds is 4. The van der Waals surface area contributed by atoms with Crippen molar-refractivity contribution >= 4 is 29.0 Å². The number of carbonyl (C=O) groups is 2. The number of hydrogen-bond acceptors (Lipinski definition) is 6. The van der Waals surface area contributed by atoms with E-state index < -0.39 is 0 Å². The van der Waals surface area contributed by atoms with Crippen LogP contribution < -0.4 is 10.2 Å². The molecule has 0 saturated carbocycles. The quantitative estimate of drug-likeness (QED) is 0.740. The summed E-state index contributed by atoms with van der Waals surface area (Å²) in [5, 5.41) is 21.3. The van der Waals surface area contributed by atoms with E-state index in [1.54, 1.807) is 0 Å². The summed E-state index contributed by atoms with van der Waals surface area (Å²) in [5.74, 6) is 1.86. The first kappa shape index (κ1) is 22.0. The van der Waals surface area contributed by atoms with Gasteiger partial charge in [0.2, 0.25) is 5.91 Å². The van der Waals surface area contributed by atoms with E-state index in [-0.39, 0.29) is 18.3 Å². The molecule has 8 nitrogen and oxygen atoms in total. The Morgan fingerprint density at radius 1 is 1.17 bits per heavy atom. The van der Waals surface area contributed by atoms with Crippen LogP contribution in [-0.2, 0) is 14.3 Å². The van der Waals surface area contributed by atoms with E-state index in [0.29, 0.717) is 19.1 Å². The zero-order valence-electron chi connectivity index (χ0n) is 17.4. The van der Waals surface area contributed by atoms with E-state index in [0.717, 1.165) is 56.8 Å². The van der Waals surface area contributed by atoms with Gasteiger partial charge in [0.25, 0.3) is 6.47 Å². The molecule has 2 saturated heterocycles. The number of aromatic nitrogens is 2. The number of carboxylic acid groups (broad SMARTS) is 1. The molecule has 30 heavy (non-hydrogen) atoms. The first-order valence-corrected chi connectivity index (χ1v) is 10.5. The Kier molecular flexibility index (Phi) is 7.96. The van der Waals surface area contributed by atoms with Crippen LogP contribution in [0.4, 0.5) is 5.82 Å². The van der Waals surface area contributed by atoms with E-state index in [4.69, 9.17) is 14.6 Å². The average Bonchev–Trinajstić information content (AvgIpc) is 2.79. The van der Waals surface area contributed by atoms with Crippen molar-refractivity contribution in [1.29, 1.82) is 0 Å². The van der Waals surface area contributed by atoms with Crippen LogP contribution in [0.1, 0.15) is 31.4 Å². The van der Waals surface area contributed by atoms with Crippen LogP contribution in [-0.4, -0.2) is 60.5 Å². The summed E-state index contributed by atoms with van der Waals surface area (Å²) in [6.45, 7) is 5.87. The molecule has 0 radical (unpaired) electrons. The van der Waals surface area contributed by atoms with Gasteiger partial charge in [0.05, 0.1) is 5.69 Å². The Morgan fingerprint density at radius 3 is 2.47 bits per heavy atom. The van der Waals surface area contributed by atoms with Crippen molar-refractivity contribution in [3.05, 3.63) is 30.0 Å². The minimum Gasteiger partial charge on any atom is -0.483 e. The first-order chi connectivity index (χ1) is 14.6. The van der Waals surface area contributed by atoms with Gasteiger partial charge in [-0.15, -0.1) is 5.10 Å². The highest BCUT2D eigenvalue weighted by atomic mass is 16.5. The predicted molar refractivity (Wildman–Crippen MR) is 114 cm³/mol. The fraction of sp³-hybridized carbons (Fsp3) is 0.545. The Labute approximate surface area is 176 Å². The maximum atomic E-state index is 12.3. The summed E-state index contributed by atoms with van der Waals surface area (Å²) in [4.78, 5) is 23.0. The number of nitrogens with zero attached hydrogens (tertiary/aromatic N) is 3. The Hall–Kier alpha value is -2.74. The molecule has 0 bridgehead atoms. The lowest BCUT2D eigenvalue weighted by molar-refractivity contribution is -0.128. The van der Waals surface area contributed by atoms with Gasteiger partial charge in [-0.1, -0.05) is 24.3 Å². The molecule has 1 aromatic heterocycles. The number of fused-ring (bicyclic) bond motifs is 1. The molecular weight excluding hydrogens is 384 g/mol. The van der Waals surface area contributed by atoms with Crippen molar-refractivity contribution in [2.45, 2.75) is 32.6 Å². The molecular formula is C22H30N4O4. The minimum absolute atomic E-state index is 0.132. The molecule has 162 valence electrons. The number of ether oxygens (including phenoxy) is 1. The maximum absolute atomic E-state index is 12.3. The van der Waals surface area contributed by atoms with Crippen molar-refractivity contribution in [1.82, 2.24) is 15.5 Å². The Bertz CT molecular complexity index is 846. The number of amides is 1. The summed E-state index contributed by atoms with van der Waals surface area (Å²) in [6, 6.07) is 8.35. The molecule has 8 heteroatoms. The van der Waals surface area contributed by atoms with Gasteiger partial charge in [0.1, 0.15) is 0 Å². The van der Waals surface area contributed by atoms with E-state index >= 15 is 0 Å². The number of nitrogens with one attached hydrogen (secondary N) is 1. The van der Waals surface area contributed by atoms with Gasteiger partial charge >= 0.3 is 0 Å². The number of hydrogen-bond donors (Lipinski definition) is 2. The van der Waals surface area contributed by atoms with Gasteiger partial charge in [0, 0.05) is 49.5 Å². The third-order valence-electron chi connectivity index (χ3n) is 5.92. The monoisotopic (exact) mass is 414 g/mol. The average molecular weight is 415 g/mol. The van der Waals surface area contributed by atoms with Crippen molar-refractivity contribution in [2.24, 2.45) is 11.8 Å². The van der Waals surface area contributed by atoms with Crippen molar-refractivity contribution in [3.63, 3.8) is 0 Å². The number of anilines is 1. The molecule has 0 spiro atoms. The van der Waals surface area contributed by atoms with Crippen LogP contribution in [0.2, 0.25) is 0 Å². The topological polar surface area (TPSA) is 105 Å². The van der Waals surface area contributed by atoms with Gasteiger partial charge in [-0.3, -0.25) is 9.59 Å². The van der Waals surface area contributed by atoms with E-state index in [2.05, 4.69) is 38.6 Å². The number of benzene rings is 1. The lowest BCUT2D eigenvalue weighted by atomic mass is 9.95. The summed E-state index contributed by atoms with van der Waals surface area (Å²) >= 11 is 0. The highest BCUT2D eigenvalue weighted by Gasteiger charge is 2.25. The van der Waals surface area contributed by atoms with E-state index in [1.165, 1.54) is 10.8 Å². The van der Waals surface area contributed by atoms with E-state index in [1.807, 2.05) is 13.0 Å². The molecule has 0 atom stereocenters. The number of aryl methyl sites for hydroxylation is 1. The van der Waals surface area contributed by atoms with Crippen molar-refractivity contribution < 1.29 is 19.4 Å². The summed E-state index contributed by atoms with van der Waals surface area (Å²) in [6.07, 6.45) is 3.84. The van der Waals surface area contributed by atoms with Crippen LogP contribution >= 0.6 is 0 Å². The highest BCUT2D eigenvalue weighted by Crippen LogP contribution is 2.29. The number of piperidine rings is 1. The van der Waals surface area contributed by atoms with Gasteiger partial charge in [0.15, 0.2) is 5.82 Å². The fourth-order valence-corrected chi connectivity index (χ4v) is 4.16. The molecule has 4 rings (SSSR count). The highest BCUT2D eigenvalue weighted by molar-refractivity contribution is 5.93. The van der Waals surface area contributed by atoms with Crippen molar-refractivity contribution in [3.8, 4) is 0 Å². The minimum atomic E-state index is -0.250. The fourth-order valence-electron chi connectivity index (χ4n) is 4.16. The van der Waals surface area contributed by atoms with Crippen LogP contribution in [0.25, 0.3) is 10.8 Å². The number of carbonyl (C=O) groups excluding carboxylic acids is 1. The summed E-state index contributed by atoms with van der Waals surface area (Å²) < 4.78 is 5.34. The second kappa shape index (κ2) is 10.9. The molecule has 3 heterocycles. The van der Waals surface area contributed by atoms with Crippen LogP contribution in [0.5, 0.6) is 0 Å². The standard InChI is InChI=1S/C21H28N4O2.CH2O2/c1-15-18-4-2-3-5-19(18)20(24-23-15)25-10-6-16(7-11-25)14-22-21(26)17-8-12-27-13-9-17;2-1-3/h2-5,16-17H,6-14H2,1H3,(H,22,26);1H,(H,2,3). The van der Waals surface area contributed by atoms with Crippen LogP contribution in [0.3, 0.4) is 0 Å². The molecule has 0 aliphatic carbocycles. The molecule has 2 aliphatic rings. The third-order valence-corrected chi connectivity index (χ3v) is 5.92. The second-order valence-electron chi connectivity index (χ2n) is 7.82. The molecule has 2 aliphatic heterocycles. The van der Waals surface area contributed by atoms with Gasteiger partial charge in [-0.2, -0.15) is 5.10 Å². The van der Waals surface area contributed by atoms with Crippen LogP contribution in [0, 0.1) is 18.8 Å². The molecule has 2 fully saturated rings. The lowest BCUT2D eigenvalue weighted by Crippen LogP contribution is -2.41. The molecule has 1 amide bonds. The Morgan fingerprint density at radius 2 is 1.80 bits per heavy atom. The first-order valence-electron chi connectivity index (χ1n) is 10.5. The molecule has 2 N–H and O–H groups in total. The zero-order valence-corrected chi connectivity index (χ0v) is 17.4. The van der Waals surface area contributed by atoms with Gasteiger partial charge in [-0.25, -0.2) is 0 Å². The second-order valence-corrected chi connectivity index (χ2v) is 7.82. The normalized spacial score (nSPS) is 17.8. The van der Waals surface area contributed by atoms with Crippen molar-refractivity contribution in [2.75, 3.05) is 37.7 Å². The van der Waals surface area contributed by atoms with E-state index in [9.17, 15) is 4.79 Å². The Balaban J connectivity index is 0.000000806. The van der Waals surface area contributed by atoms with Gasteiger partial charge < -0.3 is 20.1 Å². The largest absolute Gasteiger partial charge is 0.483 e. The SMILES string of the molecule is Cc1nnc(N2CCC(CNC(=O)C3CCOCC3)CC2)c2ccccc12.O=CO. The van der Waals surface area contributed by atoms with Gasteiger partial charge in [-0.05, 0) is 38.5 Å². The molecule has 1 aromatic carbocycles. The third kappa shape index (κ3) is 5.44. The molecule has 0 unspecified atom stereocenters. The van der Waals surface area contributed by atoms with Crippen LogP contribution in [0.15, 0.2) is 24.3 Å².